The number of rotatable bonds is 8. The minimum Gasteiger partial charge on any atom is -0.494 e. The molecule has 0 aliphatic carbocycles. The lowest BCUT2D eigenvalue weighted by molar-refractivity contribution is 0.0976. The van der Waals surface area contributed by atoms with Gasteiger partial charge in [-0.1, -0.05) is 44.2 Å². The molecule has 1 amide bonds. The van der Waals surface area contributed by atoms with Crippen LogP contribution in [0.25, 0.3) is 0 Å². The van der Waals surface area contributed by atoms with Crippen LogP contribution in [0.15, 0.2) is 54.6 Å². The van der Waals surface area contributed by atoms with Gasteiger partial charge < -0.3 is 10.1 Å². The van der Waals surface area contributed by atoms with Gasteiger partial charge in [0.25, 0.3) is 5.91 Å². The molecule has 2 N–H and O–H groups in total. The summed E-state index contributed by atoms with van der Waals surface area (Å²) in [5, 5.41) is 6.49. The third-order valence-electron chi connectivity index (χ3n) is 5.48. The summed E-state index contributed by atoms with van der Waals surface area (Å²) in [6.07, 6.45) is 3.02. The van der Waals surface area contributed by atoms with Gasteiger partial charge in [-0.3, -0.25) is 15.0 Å². The molecule has 0 aromatic heterocycles. The lowest BCUT2D eigenvalue weighted by Crippen LogP contribution is -2.48. The average Bonchev–Trinajstić information content (AvgIpc) is 2.76. The molecule has 0 spiro atoms. The second-order valence-electron chi connectivity index (χ2n) is 8.52. The van der Waals surface area contributed by atoms with Crippen LogP contribution in [0, 0.1) is 5.92 Å². The van der Waals surface area contributed by atoms with Crippen molar-refractivity contribution in [1.29, 1.82) is 0 Å². The van der Waals surface area contributed by atoms with Crippen LogP contribution in [0.3, 0.4) is 0 Å². The van der Waals surface area contributed by atoms with Crippen LogP contribution >= 0.6 is 12.2 Å². The molecule has 0 atom stereocenters. The van der Waals surface area contributed by atoms with Crippen molar-refractivity contribution in [2.45, 2.75) is 45.7 Å². The van der Waals surface area contributed by atoms with Gasteiger partial charge in [0.05, 0.1) is 6.61 Å². The Balaban J connectivity index is 1.38. The fourth-order valence-electron chi connectivity index (χ4n) is 3.59. The van der Waals surface area contributed by atoms with E-state index >= 15 is 0 Å². The zero-order valence-corrected chi connectivity index (χ0v) is 19.3. The number of hydrogen-bond acceptors (Lipinski definition) is 4. The molecule has 1 saturated heterocycles. The number of carbonyl (C=O) groups is 1. The number of amides is 1. The Labute approximate surface area is 191 Å². The molecule has 1 aliphatic heterocycles. The second-order valence-corrected chi connectivity index (χ2v) is 8.93. The summed E-state index contributed by atoms with van der Waals surface area (Å²) in [6.45, 7) is 8.03. The van der Waals surface area contributed by atoms with Crippen molar-refractivity contribution in [3.05, 3.63) is 65.7 Å². The van der Waals surface area contributed by atoms with E-state index in [-0.39, 0.29) is 11.9 Å². The molecule has 3 rings (SSSR count). The van der Waals surface area contributed by atoms with Crippen molar-refractivity contribution in [2.75, 3.05) is 19.7 Å². The molecule has 166 valence electrons. The molecular formula is C25H33N3O2S. The Bertz CT molecular complexity index is 832. The van der Waals surface area contributed by atoms with Crippen LogP contribution in [-0.2, 0) is 6.54 Å². The van der Waals surface area contributed by atoms with Crippen molar-refractivity contribution < 1.29 is 9.53 Å². The van der Waals surface area contributed by atoms with Crippen molar-refractivity contribution in [3.8, 4) is 5.75 Å². The first-order valence-corrected chi connectivity index (χ1v) is 11.5. The van der Waals surface area contributed by atoms with Crippen molar-refractivity contribution in [1.82, 2.24) is 15.5 Å². The number of ether oxygens (including phenoxy) is 1. The van der Waals surface area contributed by atoms with Gasteiger partial charge in [-0.05, 0) is 67.2 Å². The number of likely N-dealkylation sites (tertiary alicyclic amines) is 1. The van der Waals surface area contributed by atoms with Crippen molar-refractivity contribution in [3.63, 3.8) is 0 Å². The highest BCUT2D eigenvalue weighted by atomic mass is 32.1. The molecule has 6 heteroatoms. The van der Waals surface area contributed by atoms with Gasteiger partial charge in [0.2, 0.25) is 0 Å². The monoisotopic (exact) mass is 439 g/mol. The lowest BCUT2D eigenvalue weighted by atomic mass is 10.0. The number of thiocarbonyl (C=S) groups is 1. The smallest absolute Gasteiger partial charge is 0.257 e. The van der Waals surface area contributed by atoms with E-state index in [1.54, 1.807) is 12.1 Å². The van der Waals surface area contributed by atoms with E-state index in [1.165, 1.54) is 5.56 Å². The van der Waals surface area contributed by atoms with Crippen LogP contribution in [0.4, 0.5) is 0 Å². The van der Waals surface area contributed by atoms with E-state index < -0.39 is 0 Å². The highest BCUT2D eigenvalue weighted by molar-refractivity contribution is 7.80. The van der Waals surface area contributed by atoms with Gasteiger partial charge in [0.15, 0.2) is 5.11 Å². The number of nitrogens with one attached hydrogen (secondary N) is 2. The topological polar surface area (TPSA) is 53.6 Å². The minimum atomic E-state index is -0.201. The Morgan fingerprint density at radius 2 is 1.77 bits per heavy atom. The number of nitrogens with zero attached hydrogens (tertiary/aromatic N) is 1. The van der Waals surface area contributed by atoms with E-state index in [9.17, 15) is 4.79 Å². The maximum atomic E-state index is 12.5. The van der Waals surface area contributed by atoms with E-state index in [1.807, 2.05) is 18.2 Å². The Morgan fingerprint density at radius 3 is 2.42 bits per heavy atom. The van der Waals surface area contributed by atoms with Gasteiger partial charge in [-0.25, -0.2) is 0 Å². The molecule has 31 heavy (non-hydrogen) atoms. The van der Waals surface area contributed by atoms with Crippen LogP contribution in [0.1, 0.15) is 49.0 Å². The summed E-state index contributed by atoms with van der Waals surface area (Å²) in [7, 11) is 0. The third kappa shape index (κ3) is 7.96. The fourth-order valence-corrected chi connectivity index (χ4v) is 3.85. The van der Waals surface area contributed by atoms with Crippen LogP contribution in [0.2, 0.25) is 0 Å². The first-order chi connectivity index (χ1) is 15.0. The molecule has 0 radical (unpaired) electrons. The Morgan fingerprint density at radius 1 is 1.10 bits per heavy atom. The summed E-state index contributed by atoms with van der Waals surface area (Å²) >= 11 is 5.37. The standard InChI is InChI=1S/C25H33N3O2S/c1-19(2)14-17-30-23-10-8-21(9-11-23)24(29)27-25(31)26-22-12-15-28(16-13-22)18-20-6-4-3-5-7-20/h3-11,19,22H,12-18H2,1-2H3,(H2,26,27,29,31). The molecule has 1 aliphatic rings. The van der Waals surface area contributed by atoms with Crippen molar-refractivity contribution in [2.24, 2.45) is 5.92 Å². The Kier molecular flexibility index (Phi) is 8.85. The quantitative estimate of drug-likeness (QED) is 0.598. The zero-order chi connectivity index (χ0) is 22.1. The third-order valence-corrected chi connectivity index (χ3v) is 5.70. The predicted octanol–water partition coefficient (Wildman–Crippen LogP) is 4.38. The number of benzene rings is 2. The zero-order valence-electron chi connectivity index (χ0n) is 18.5. The van der Waals surface area contributed by atoms with Gasteiger partial charge >= 0.3 is 0 Å². The maximum absolute atomic E-state index is 12.5. The van der Waals surface area contributed by atoms with Crippen LogP contribution in [-0.4, -0.2) is 41.7 Å². The maximum Gasteiger partial charge on any atom is 0.257 e. The van der Waals surface area contributed by atoms with E-state index in [2.05, 4.69) is 53.6 Å². The lowest BCUT2D eigenvalue weighted by Gasteiger charge is -2.32. The fraction of sp³-hybridized carbons (Fsp3) is 0.440. The molecule has 0 saturated carbocycles. The Hall–Kier alpha value is -2.44. The number of carbonyl (C=O) groups excluding carboxylic acids is 1. The SMILES string of the molecule is CC(C)CCOc1ccc(C(=O)NC(=S)NC2CCN(Cc3ccccc3)CC2)cc1. The molecular weight excluding hydrogens is 406 g/mol. The minimum absolute atomic E-state index is 0.201. The summed E-state index contributed by atoms with van der Waals surface area (Å²) < 4.78 is 5.71. The first kappa shape index (κ1) is 23.2. The molecule has 0 bridgehead atoms. The largest absolute Gasteiger partial charge is 0.494 e. The molecule has 0 unspecified atom stereocenters. The predicted molar refractivity (Wildman–Crippen MR) is 129 cm³/mol. The summed E-state index contributed by atoms with van der Waals surface area (Å²) in [5.74, 6) is 1.18. The van der Waals surface area contributed by atoms with E-state index in [0.717, 1.165) is 44.6 Å². The van der Waals surface area contributed by atoms with Gasteiger partial charge in [0, 0.05) is 31.2 Å². The van der Waals surface area contributed by atoms with E-state index in [0.29, 0.717) is 23.2 Å². The molecule has 1 heterocycles. The molecule has 2 aromatic rings. The molecule has 5 nitrogen and oxygen atoms in total. The van der Waals surface area contributed by atoms with Crippen LogP contribution in [0.5, 0.6) is 5.75 Å². The van der Waals surface area contributed by atoms with Gasteiger partial charge in [-0.2, -0.15) is 0 Å². The highest BCUT2D eigenvalue weighted by Gasteiger charge is 2.20. The molecule has 2 aromatic carbocycles. The second kappa shape index (κ2) is 11.8. The summed E-state index contributed by atoms with van der Waals surface area (Å²) in [4.78, 5) is 14.9. The summed E-state index contributed by atoms with van der Waals surface area (Å²) in [6, 6.07) is 18.0. The number of hydrogen-bond donors (Lipinski definition) is 2. The highest BCUT2D eigenvalue weighted by Crippen LogP contribution is 2.15. The normalized spacial score (nSPS) is 14.9. The van der Waals surface area contributed by atoms with Crippen LogP contribution < -0.4 is 15.4 Å². The molecule has 1 fully saturated rings. The van der Waals surface area contributed by atoms with Gasteiger partial charge in [-0.15, -0.1) is 0 Å². The van der Waals surface area contributed by atoms with E-state index in [4.69, 9.17) is 17.0 Å². The average molecular weight is 440 g/mol. The van der Waals surface area contributed by atoms with Gasteiger partial charge in [0.1, 0.15) is 5.75 Å². The number of piperidine rings is 1. The summed E-state index contributed by atoms with van der Waals surface area (Å²) in [5.41, 5.74) is 1.91. The van der Waals surface area contributed by atoms with Crippen molar-refractivity contribution >= 4 is 23.2 Å². The first-order valence-electron chi connectivity index (χ1n) is 11.1.